The lowest BCUT2D eigenvalue weighted by atomic mass is 9.70. The van der Waals surface area contributed by atoms with Crippen LogP contribution in [0.4, 0.5) is 0 Å². The molecule has 0 aromatic heterocycles. The monoisotopic (exact) mass is 598 g/mol. The van der Waals surface area contributed by atoms with Crippen LogP contribution in [0.5, 0.6) is 0 Å². The molecule has 0 N–H and O–H groups in total. The van der Waals surface area contributed by atoms with Crippen molar-refractivity contribution in [1.29, 1.82) is 0 Å². The van der Waals surface area contributed by atoms with E-state index in [0.717, 1.165) is 0 Å². The molecule has 1 unspecified atom stereocenters. The van der Waals surface area contributed by atoms with Crippen LogP contribution in [0.2, 0.25) is 0 Å². The van der Waals surface area contributed by atoms with Crippen molar-refractivity contribution in [3.63, 3.8) is 0 Å². The maximum Gasteiger partial charge on any atom is 0.0725 e. The summed E-state index contributed by atoms with van der Waals surface area (Å²) in [5, 5.41) is 5.31. The molecule has 0 nitrogen and oxygen atoms in total. The summed E-state index contributed by atoms with van der Waals surface area (Å²) in [5.74, 6) is 0. The third-order valence-corrected chi connectivity index (χ3v) is 11.8. The highest BCUT2D eigenvalue weighted by Crippen LogP contribution is 2.64. The second-order valence-corrected chi connectivity index (χ2v) is 13.8. The summed E-state index contributed by atoms with van der Waals surface area (Å²) in [6.07, 6.45) is 0. The first-order valence-electron chi connectivity index (χ1n) is 16.0. The molecule has 1 spiro atoms. The molecular weight excluding hydrogens is 573 g/mol. The zero-order chi connectivity index (χ0) is 30.0. The first-order valence-corrected chi connectivity index (χ1v) is 16.8. The van der Waals surface area contributed by atoms with Gasteiger partial charge in [0.2, 0.25) is 0 Å². The van der Waals surface area contributed by atoms with E-state index in [2.05, 4.69) is 158 Å². The molecule has 8 aromatic rings. The van der Waals surface area contributed by atoms with Gasteiger partial charge in [0, 0.05) is 15.2 Å². The lowest BCUT2D eigenvalue weighted by Crippen LogP contribution is -2.25. The predicted molar refractivity (Wildman–Crippen MR) is 193 cm³/mol. The molecule has 2 aliphatic carbocycles. The van der Waals surface area contributed by atoms with E-state index in [1.54, 1.807) is 0 Å². The van der Waals surface area contributed by atoms with Gasteiger partial charge in [-0.15, -0.1) is 0 Å². The quantitative estimate of drug-likeness (QED) is 0.181. The van der Waals surface area contributed by atoms with Crippen LogP contribution in [-0.2, 0) is 5.41 Å². The van der Waals surface area contributed by atoms with Crippen LogP contribution in [0, 0.1) is 0 Å². The first-order chi connectivity index (χ1) is 22.8. The van der Waals surface area contributed by atoms with Crippen molar-refractivity contribution in [2.24, 2.45) is 0 Å². The number of rotatable bonds is 1. The molecule has 0 radical (unpaired) electrons. The maximum absolute atomic E-state index is 2.47. The van der Waals surface area contributed by atoms with Gasteiger partial charge in [-0.05, 0) is 101 Å². The molecule has 0 fully saturated rings. The van der Waals surface area contributed by atoms with Crippen LogP contribution in [-0.4, -0.2) is 0 Å². The summed E-state index contributed by atoms with van der Waals surface area (Å²) in [6.45, 7) is 0. The van der Waals surface area contributed by atoms with E-state index in [4.69, 9.17) is 0 Å². The van der Waals surface area contributed by atoms with Crippen molar-refractivity contribution in [3.8, 4) is 44.5 Å². The molecule has 1 atom stereocenters. The van der Waals surface area contributed by atoms with Gasteiger partial charge in [-0.2, -0.15) is 0 Å². The Morgan fingerprint density at radius 2 is 1.04 bits per heavy atom. The Hall–Kier alpha value is -5.37. The summed E-state index contributed by atoms with van der Waals surface area (Å²) in [7, 11) is 0. The summed E-state index contributed by atoms with van der Waals surface area (Å²) in [4.78, 5) is 2.67. The highest BCUT2D eigenvalue weighted by atomic mass is 32.2. The molecule has 1 heteroatoms. The molecule has 46 heavy (non-hydrogen) atoms. The Balaban J connectivity index is 1.19. The maximum atomic E-state index is 2.47. The lowest BCUT2D eigenvalue weighted by Gasteiger charge is -2.30. The zero-order valence-corrected chi connectivity index (χ0v) is 25.7. The van der Waals surface area contributed by atoms with Crippen molar-refractivity contribution in [2.75, 3.05) is 0 Å². The standard InChI is InChI=1S/C45H26S/c1-2-11-30-27(10-1)20-24-40-43(30)35-14-4-7-18-38(35)45(40)37-17-6-3-12-31(37)36-26-28(21-23-39(36)45)29-22-25-42-44-33(29)15-9-16-34(44)32-13-5-8-19-41(32)46-42/h1-26H. The fourth-order valence-corrected chi connectivity index (χ4v) is 10.0. The van der Waals surface area contributed by atoms with E-state index in [1.807, 2.05) is 11.8 Å². The second-order valence-electron chi connectivity index (χ2n) is 12.7. The van der Waals surface area contributed by atoms with Gasteiger partial charge in [-0.1, -0.05) is 151 Å². The van der Waals surface area contributed by atoms with E-state index in [1.165, 1.54) is 98.1 Å². The average Bonchev–Trinajstić information content (AvgIpc) is 3.59. The van der Waals surface area contributed by atoms with Crippen molar-refractivity contribution < 1.29 is 0 Å². The average molecular weight is 599 g/mol. The summed E-state index contributed by atoms with van der Waals surface area (Å²) in [5.41, 5.74) is 15.8. The summed E-state index contributed by atoms with van der Waals surface area (Å²) in [6, 6.07) is 59.4. The number of hydrogen-bond acceptors (Lipinski definition) is 1. The molecule has 1 heterocycles. The zero-order valence-electron chi connectivity index (χ0n) is 24.9. The molecule has 0 amide bonds. The van der Waals surface area contributed by atoms with E-state index < -0.39 is 0 Å². The molecule has 0 saturated carbocycles. The van der Waals surface area contributed by atoms with Crippen LogP contribution in [0.25, 0.3) is 66.1 Å². The van der Waals surface area contributed by atoms with E-state index in [9.17, 15) is 0 Å². The largest absolute Gasteiger partial charge is 0.0888 e. The Kier molecular flexibility index (Phi) is 4.80. The van der Waals surface area contributed by atoms with Crippen LogP contribution in [0.15, 0.2) is 168 Å². The summed E-state index contributed by atoms with van der Waals surface area (Å²) < 4.78 is 0. The minimum atomic E-state index is -0.347. The smallest absolute Gasteiger partial charge is 0.0725 e. The number of fused-ring (bicyclic) bond motifs is 14. The molecule has 0 bridgehead atoms. The fourth-order valence-electron chi connectivity index (χ4n) is 8.91. The van der Waals surface area contributed by atoms with Crippen LogP contribution in [0.1, 0.15) is 22.3 Å². The van der Waals surface area contributed by atoms with Crippen LogP contribution >= 0.6 is 11.8 Å². The van der Waals surface area contributed by atoms with Gasteiger partial charge in [-0.3, -0.25) is 0 Å². The third kappa shape index (κ3) is 2.97. The molecule has 212 valence electrons. The number of hydrogen-bond donors (Lipinski definition) is 0. The Morgan fingerprint density at radius 3 is 1.96 bits per heavy atom. The van der Waals surface area contributed by atoms with Gasteiger partial charge in [0.15, 0.2) is 0 Å². The van der Waals surface area contributed by atoms with Crippen molar-refractivity contribution in [2.45, 2.75) is 15.2 Å². The lowest BCUT2D eigenvalue weighted by molar-refractivity contribution is 0.794. The minimum Gasteiger partial charge on any atom is -0.0888 e. The molecule has 0 saturated heterocycles. The van der Waals surface area contributed by atoms with Crippen molar-refractivity contribution in [1.82, 2.24) is 0 Å². The predicted octanol–water partition coefficient (Wildman–Crippen LogP) is 12.1. The molecule has 8 aromatic carbocycles. The minimum absolute atomic E-state index is 0.347. The molecule has 3 aliphatic rings. The highest BCUT2D eigenvalue weighted by Gasteiger charge is 2.51. The third-order valence-electron chi connectivity index (χ3n) is 10.7. The Morgan fingerprint density at radius 1 is 0.370 bits per heavy atom. The molecular formula is C45H26S. The Bertz CT molecular complexity index is 2630. The molecule has 1 aliphatic heterocycles. The van der Waals surface area contributed by atoms with Gasteiger partial charge in [0.25, 0.3) is 0 Å². The number of benzene rings is 8. The van der Waals surface area contributed by atoms with Gasteiger partial charge in [0.05, 0.1) is 5.41 Å². The first kappa shape index (κ1) is 24.9. The van der Waals surface area contributed by atoms with Gasteiger partial charge < -0.3 is 0 Å². The van der Waals surface area contributed by atoms with E-state index >= 15 is 0 Å². The summed E-state index contributed by atoms with van der Waals surface area (Å²) >= 11 is 1.89. The topological polar surface area (TPSA) is 0 Å². The highest BCUT2D eigenvalue weighted by molar-refractivity contribution is 7.99. The van der Waals surface area contributed by atoms with Crippen LogP contribution < -0.4 is 0 Å². The fraction of sp³-hybridized carbons (Fsp3) is 0.0222. The molecule has 11 rings (SSSR count). The van der Waals surface area contributed by atoms with E-state index in [-0.39, 0.29) is 5.41 Å². The normalized spacial score (nSPS) is 16.3. The SMILES string of the molecule is c1ccc2c(c1)Sc1ccc(-c3ccc4c(c3)-c3ccccc3C43c4ccccc4-c4c3ccc3ccccc43)c3cccc-2c13. The van der Waals surface area contributed by atoms with Crippen molar-refractivity contribution in [3.05, 3.63) is 180 Å². The van der Waals surface area contributed by atoms with Gasteiger partial charge in [-0.25, -0.2) is 0 Å². The van der Waals surface area contributed by atoms with Gasteiger partial charge >= 0.3 is 0 Å². The van der Waals surface area contributed by atoms with Crippen LogP contribution in [0.3, 0.4) is 0 Å². The Labute approximate surface area is 272 Å². The van der Waals surface area contributed by atoms with E-state index in [0.29, 0.717) is 0 Å². The van der Waals surface area contributed by atoms with Gasteiger partial charge in [0.1, 0.15) is 0 Å². The van der Waals surface area contributed by atoms with Crippen molar-refractivity contribution >= 4 is 33.3 Å². The second kappa shape index (κ2) is 8.88.